The first kappa shape index (κ1) is 15.0. The van der Waals surface area contributed by atoms with Crippen molar-refractivity contribution in [2.75, 3.05) is 10.6 Å². The Bertz CT molecular complexity index is 772. The molecule has 0 heterocycles. The van der Waals surface area contributed by atoms with Gasteiger partial charge < -0.3 is 10.6 Å². The summed E-state index contributed by atoms with van der Waals surface area (Å²) in [5.74, 6) is 0. The van der Waals surface area contributed by atoms with E-state index in [9.17, 15) is 13.2 Å². The maximum atomic E-state index is 11.8. The summed E-state index contributed by atoms with van der Waals surface area (Å²) in [5.41, 5.74) is 1.88. The van der Waals surface area contributed by atoms with Gasteiger partial charge in [-0.25, -0.2) is 4.79 Å². The first-order valence-electron chi connectivity index (χ1n) is 6.07. The summed E-state index contributed by atoms with van der Waals surface area (Å²) in [6.07, 6.45) is 0. The van der Waals surface area contributed by atoms with Gasteiger partial charge in [0.2, 0.25) is 0 Å². The monoisotopic (exact) mass is 306 g/mol. The van der Waals surface area contributed by atoms with E-state index >= 15 is 0 Å². The highest BCUT2D eigenvalue weighted by molar-refractivity contribution is 7.85. The molecule has 110 valence electrons. The van der Waals surface area contributed by atoms with E-state index in [0.717, 1.165) is 5.56 Å². The van der Waals surface area contributed by atoms with E-state index in [0.29, 0.717) is 5.69 Å². The number of hydrogen-bond acceptors (Lipinski definition) is 3. The molecule has 0 radical (unpaired) electrons. The molecule has 0 fully saturated rings. The van der Waals surface area contributed by atoms with E-state index in [-0.39, 0.29) is 10.6 Å². The molecule has 2 rings (SSSR count). The van der Waals surface area contributed by atoms with Gasteiger partial charge in [-0.15, -0.1) is 0 Å². The van der Waals surface area contributed by atoms with E-state index in [1.807, 2.05) is 19.1 Å². The number of amides is 2. The molecule has 0 aromatic heterocycles. The molecule has 2 aromatic rings. The van der Waals surface area contributed by atoms with Crippen molar-refractivity contribution in [1.82, 2.24) is 0 Å². The number of carbonyl (C=O) groups is 1. The average Bonchev–Trinajstić information content (AvgIpc) is 2.37. The Kier molecular flexibility index (Phi) is 4.25. The van der Waals surface area contributed by atoms with Crippen LogP contribution in [0.3, 0.4) is 0 Å². The van der Waals surface area contributed by atoms with Gasteiger partial charge >= 0.3 is 6.03 Å². The molecule has 0 saturated carbocycles. The van der Waals surface area contributed by atoms with Crippen LogP contribution in [-0.2, 0) is 10.1 Å². The number of hydrogen-bond donors (Lipinski definition) is 3. The third-order valence-corrected chi connectivity index (χ3v) is 3.52. The highest BCUT2D eigenvalue weighted by atomic mass is 32.2. The van der Waals surface area contributed by atoms with Gasteiger partial charge in [-0.1, -0.05) is 18.2 Å². The molecule has 21 heavy (non-hydrogen) atoms. The van der Waals surface area contributed by atoms with Crippen molar-refractivity contribution < 1.29 is 17.8 Å². The van der Waals surface area contributed by atoms with Crippen molar-refractivity contribution in [3.63, 3.8) is 0 Å². The molecular formula is C14H14N2O4S. The number of rotatable bonds is 3. The fourth-order valence-electron chi connectivity index (χ4n) is 1.75. The van der Waals surface area contributed by atoms with Crippen LogP contribution in [0.2, 0.25) is 0 Å². The number of carbonyl (C=O) groups excluding carboxylic acids is 1. The Morgan fingerprint density at radius 1 is 1.00 bits per heavy atom. The van der Waals surface area contributed by atoms with E-state index in [4.69, 9.17) is 4.55 Å². The number of nitrogens with one attached hydrogen (secondary N) is 2. The lowest BCUT2D eigenvalue weighted by molar-refractivity contribution is 0.262. The number of benzene rings is 2. The zero-order valence-electron chi connectivity index (χ0n) is 11.2. The fraction of sp³-hybridized carbons (Fsp3) is 0.0714. The molecule has 0 unspecified atom stereocenters. The Morgan fingerprint density at radius 2 is 1.57 bits per heavy atom. The predicted molar refractivity (Wildman–Crippen MR) is 80.1 cm³/mol. The quantitative estimate of drug-likeness (QED) is 0.760. The normalized spacial score (nSPS) is 11.0. The zero-order valence-corrected chi connectivity index (χ0v) is 12.0. The third-order valence-electron chi connectivity index (χ3n) is 2.67. The van der Waals surface area contributed by atoms with Crippen molar-refractivity contribution in [1.29, 1.82) is 0 Å². The topological polar surface area (TPSA) is 95.5 Å². The summed E-state index contributed by atoms with van der Waals surface area (Å²) in [6, 6.07) is 12.1. The Morgan fingerprint density at radius 3 is 2.14 bits per heavy atom. The van der Waals surface area contributed by atoms with Crippen LogP contribution in [0, 0.1) is 6.92 Å². The van der Waals surface area contributed by atoms with Gasteiger partial charge in [-0.3, -0.25) is 4.55 Å². The molecule has 0 aliphatic carbocycles. The standard InChI is InChI=1S/C14H14N2O4S/c1-10-4-2-5-11(8-10)15-14(17)16-12-6-3-7-13(9-12)21(18,19)20/h2-9H,1H3,(H2,15,16,17)(H,18,19,20). The summed E-state index contributed by atoms with van der Waals surface area (Å²) in [7, 11) is -4.30. The van der Waals surface area contributed by atoms with E-state index in [1.165, 1.54) is 24.3 Å². The van der Waals surface area contributed by atoms with Gasteiger partial charge in [0, 0.05) is 11.4 Å². The van der Waals surface area contributed by atoms with Crippen LogP contribution in [0.5, 0.6) is 0 Å². The lowest BCUT2D eigenvalue weighted by Crippen LogP contribution is -2.19. The summed E-state index contributed by atoms with van der Waals surface area (Å²) in [6.45, 7) is 1.90. The minimum atomic E-state index is -4.30. The zero-order chi connectivity index (χ0) is 15.5. The van der Waals surface area contributed by atoms with Crippen LogP contribution in [0.4, 0.5) is 16.2 Å². The van der Waals surface area contributed by atoms with Gasteiger partial charge in [-0.2, -0.15) is 8.42 Å². The second-order valence-electron chi connectivity index (χ2n) is 4.45. The van der Waals surface area contributed by atoms with Gasteiger partial charge in [0.1, 0.15) is 0 Å². The molecule has 2 aromatic carbocycles. The van der Waals surface area contributed by atoms with Crippen LogP contribution in [0.15, 0.2) is 53.4 Å². The second kappa shape index (κ2) is 5.94. The molecule has 0 aliphatic rings. The van der Waals surface area contributed by atoms with E-state index < -0.39 is 16.1 Å². The smallest absolute Gasteiger partial charge is 0.308 e. The van der Waals surface area contributed by atoms with Crippen LogP contribution < -0.4 is 10.6 Å². The molecule has 0 bridgehead atoms. The maximum Gasteiger partial charge on any atom is 0.323 e. The van der Waals surface area contributed by atoms with Crippen molar-refractivity contribution in [3.05, 3.63) is 54.1 Å². The largest absolute Gasteiger partial charge is 0.323 e. The first-order chi connectivity index (χ1) is 9.84. The summed E-state index contributed by atoms with van der Waals surface area (Å²) < 4.78 is 31.0. The van der Waals surface area contributed by atoms with Crippen molar-refractivity contribution >= 4 is 27.5 Å². The lowest BCUT2D eigenvalue weighted by Gasteiger charge is -2.08. The highest BCUT2D eigenvalue weighted by Gasteiger charge is 2.10. The Balaban J connectivity index is 2.10. The molecule has 6 nitrogen and oxygen atoms in total. The van der Waals surface area contributed by atoms with Gasteiger partial charge in [0.25, 0.3) is 10.1 Å². The van der Waals surface area contributed by atoms with E-state index in [2.05, 4.69) is 10.6 Å². The molecule has 0 spiro atoms. The predicted octanol–water partition coefficient (Wildman–Crippen LogP) is 2.89. The SMILES string of the molecule is Cc1cccc(NC(=O)Nc2cccc(S(=O)(=O)O)c2)c1. The molecule has 0 saturated heterocycles. The second-order valence-corrected chi connectivity index (χ2v) is 5.87. The number of aryl methyl sites for hydroxylation is 1. The maximum absolute atomic E-state index is 11.8. The lowest BCUT2D eigenvalue weighted by atomic mass is 10.2. The van der Waals surface area contributed by atoms with Crippen LogP contribution in [0.25, 0.3) is 0 Å². The summed E-state index contributed by atoms with van der Waals surface area (Å²) >= 11 is 0. The van der Waals surface area contributed by atoms with Crippen molar-refractivity contribution in [2.45, 2.75) is 11.8 Å². The molecule has 0 atom stereocenters. The Labute approximate surface area is 122 Å². The average molecular weight is 306 g/mol. The number of urea groups is 1. The van der Waals surface area contributed by atoms with Crippen LogP contribution >= 0.6 is 0 Å². The number of anilines is 2. The highest BCUT2D eigenvalue weighted by Crippen LogP contribution is 2.16. The minimum Gasteiger partial charge on any atom is -0.308 e. The van der Waals surface area contributed by atoms with Crippen molar-refractivity contribution in [2.24, 2.45) is 0 Å². The van der Waals surface area contributed by atoms with Crippen molar-refractivity contribution in [3.8, 4) is 0 Å². The first-order valence-corrected chi connectivity index (χ1v) is 7.51. The van der Waals surface area contributed by atoms with Gasteiger partial charge in [0.05, 0.1) is 4.90 Å². The van der Waals surface area contributed by atoms with Gasteiger partial charge in [-0.05, 0) is 42.8 Å². The molecule has 3 N–H and O–H groups in total. The molecule has 2 amide bonds. The van der Waals surface area contributed by atoms with E-state index in [1.54, 1.807) is 12.1 Å². The minimum absolute atomic E-state index is 0.260. The summed E-state index contributed by atoms with van der Waals surface area (Å²) in [5, 5.41) is 5.12. The Hall–Kier alpha value is -2.38. The summed E-state index contributed by atoms with van der Waals surface area (Å²) in [4.78, 5) is 11.5. The molecular weight excluding hydrogens is 292 g/mol. The third kappa shape index (κ3) is 4.30. The fourth-order valence-corrected chi connectivity index (χ4v) is 2.28. The van der Waals surface area contributed by atoms with Crippen LogP contribution in [-0.4, -0.2) is 19.0 Å². The molecule has 7 heteroatoms. The van der Waals surface area contributed by atoms with Gasteiger partial charge in [0.15, 0.2) is 0 Å². The molecule has 0 aliphatic heterocycles. The van der Waals surface area contributed by atoms with Crippen LogP contribution in [0.1, 0.15) is 5.56 Å².